The van der Waals surface area contributed by atoms with E-state index in [9.17, 15) is 36.2 Å². The van der Waals surface area contributed by atoms with Gasteiger partial charge < -0.3 is 10.0 Å². The number of hydrogen-bond donors (Lipinski definition) is 1. The van der Waals surface area contributed by atoms with E-state index in [4.69, 9.17) is 0 Å². The molecule has 0 saturated heterocycles. The van der Waals surface area contributed by atoms with E-state index in [-0.39, 0.29) is 12.3 Å². The van der Waals surface area contributed by atoms with Gasteiger partial charge in [0.2, 0.25) is 0 Å². The Morgan fingerprint density at radius 3 is 2.19 bits per heavy atom. The highest BCUT2D eigenvalue weighted by Gasteiger charge is 2.71. The maximum Gasteiger partial charge on any atom is 0.430 e. The number of nitrogens with zero attached hydrogens (tertiary/aromatic N) is 1. The van der Waals surface area contributed by atoms with Gasteiger partial charge in [-0.3, -0.25) is 4.79 Å². The second-order valence-corrected chi connectivity index (χ2v) is 7.41. The summed E-state index contributed by atoms with van der Waals surface area (Å²) in [5, 5.41) is 9.48. The lowest BCUT2D eigenvalue weighted by atomic mass is 9.91. The van der Waals surface area contributed by atoms with E-state index in [2.05, 4.69) is 0 Å². The molecule has 0 saturated carbocycles. The average Bonchev–Trinajstić information content (AvgIpc) is 3.06. The van der Waals surface area contributed by atoms with Gasteiger partial charge in [-0.2, -0.15) is 26.3 Å². The topological polar surface area (TPSA) is 40.5 Å². The number of hydrogen-bond acceptors (Lipinski definition) is 3. The van der Waals surface area contributed by atoms with Crippen molar-refractivity contribution >= 4 is 17.5 Å². The van der Waals surface area contributed by atoms with Crippen LogP contribution in [-0.2, 0) is 23.4 Å². The number of halogens is 6. The fourth-order valence-electron chi connectivity index (χ4n) is 3.53. The molecular weight excluding hydrogens is 424 g/mol. The minimum Gasteiger partial charge on any atom is -0.369 e. The van der Waals surface area contributed by atoms with Crippen molar-refractivity contribution in [3.63, 3.8) is 0 Å². The minimum absolute atomic E-state index is 0.0754. The third-order valence-corrected chi connectivity index (χ3v) is 5.17. The average molecular weight is 443 g/mol. The molecule has 1 N–H and O–H groups in total. The number of allylic oxidation sites excluding steroid dienone is 1. The first-order valence-electron chi connectivity index (χ1n) is 9.34. The fraction of sp³-hybridized carbons (Fsp3) is 0.318. The number of benzene rings is 2. The molecule has 0 aromatic heterocycles. The summed E-state index contributed by atoms with van der Waals surface area (Å²) in [4.78, 5) is 13.0. The molecule has 166 valence electrons. The summed E-state index contributed by atoms with van der Waals surface area (Å²) in [6.07, 6.45) is -7.94. The first-order chi connectivity index (χ1) is 14.3. The van der Waals surface area contributed by atoms with Crippen molar-refractivity contribution < 1.29 is 36.2 Å². The molecule has 0 fully saturated rings. The third-order valence-electron chi connectivity index (χ3n) is 5.17. The number of aliphatic hydroxyl groups is 1. The zero-order chi connectivity index (χ0) is 23.0. The summed E-state index contributed by atoms with van der Waals surface area (Å²) in [6, 6.07) is 9.24. The second-order valence-electron chi connectivity index (χ2n) is 7.41. The number of anilines is 1. The van der Waals surface area contributed by atoms with Gasteiger partial charge >= 0.3 is 12.4 Å². The smallest absolute Gasteiger partial charge is 0.369 e. The predicted molar refractivity (Wildman–Crippen MR) is 103 cm³/mol. The minimum atomic E-state index is -5.91. The van der Waals surface area contributed by atoms with E-state index < -0.39 is 23.5 Å². The summed E-state index contributed by atoms with van der Waals surface area (Å²) in [5.74, 6) is -0.0754. The highest BCUT2D eigenvalue weighted by Crippen LogP contribution is 2.50. The normalized spacial score (nSPS) is 14.9. The van der Waals surface area contributed by atoms with Crippen LogP contribution in [0.1, 0.15) is 29.2 Å². The van der Waals surface area contributed by atoms with Gasteiger partial charge in [-0.25, -0.2) is 0 Å². The van der Waals surface area contributed by atoms with Crippen molar-refractivity contribution in [1.82, 2.24) is 0 Å². The zero-order valence-electron chi connectivity index (χ0n) is 16.4. The van der Waals surface area contributed by atoms with Crippen LogP contribution in [0, 0.1) is 0 Å². The summed E-state index contributed by atoms with van der Waals surface area (Å²) < 4.78 is 78.1. The van der Waals surface area contributed by atoms with E-state index in [1.807, 2.05) is 23.1 Å². The first kappa shape index (κ1) is 22.9. The molecule has 3 nitrogen and oxygen atoms in total. The molecule has 3 rings (SSSR count). The highest BCUT2D eigenvalue weighted by atomic mass is 19.4. The molecule has 0 radical (unpaired) electrons. The number of rotatable bonds is 5. The molecule has 0 aliphatic carbocycles. The maximum absolute atomic E-state index is 13.0. The van der Waals surface area contributed by atoms with E-state index >= 15 is 0 Å². The van der Waals surface area contributed by atoms with Crippen LogP contribution in [0.4, 0.5) is 32.0 Å². The van der Waals surface area contributed by atoms with Gasteiger partial charge in [0, 0.05) is 24.3 Å². The number of fused-ring (bicyclic) bond motifs is 1. The van der Waals surface area contributed by atoms with Gasteiger partial charge in [-0.15, -0.1) is 0 Å². The Morgan fingerprint density at radius 1 is 1.03 bits per heavy atom. The van der Waals surface area contributed by atoms with E-state index in [0.29, 0.717) is 24.2 Å². The van der Waals surface area contributed by atoms with Gasteiger partial charge in [-0.05, 0) is 48.2 Å². The Hall–Kier alpha value is -2.81. The lowest BCUT2D eigenvalue weighted by molar-refractivity contribution is -0.376. The van der Waals surface area contributed by atoms with Crippen molar-refractivity contribution in [3.8, 4) is 0 Å². The van der Waals surface area contributed by atoms with E-state index in [1.165, 1.54) is 13.0 Å². The van der Waals surface area contributed by atoms with Crippen LogP contribution >= 0.6 is 0 Å². The van der Waals surface area contributed by atoms with Crippen LogP contribution in [0.25, 0.3) is 6.08 Å². The lowest BCUT2D eigenvalue weighted by Crippen LogP contribution is -2.53. The molecule has 31 heavy (non-hydrogen) atoms. The zero-order valence-corrected chi connectivity index (χ0v) is 16.4. The van der Waals surface area contributed by atoms with Crippen LogP contribution in [-0.4, -0.2) is 29.8 Å². The monoisotopic (exact) mass is 443 g/mol. The Bertz CT molecular complexity index is 979. The van der Waals surface area contributed by atoms with Gasteiger partial charge in [-0.1, -0.05) is 36.4 Å². The molecule has 0 unspecified atom stereocenters. The summed E-state index contributed by atoms with van der Waals surface area (Å²) in [7, 11) is 0. The van der Waals surface area contributed by atoms with Crippen LogP contribution in [0.2, 0.25) is 0 Å². The van der Waals surface area contributed by atoms with Gasteiger partial charge in [0.15, 0.2) is 5.78 Å². The molecular formula is C22H19F6NO2. The lowest BCUT2D eigenvalue weighted by Gasteiger charge is -2.32. The quantitative estimate of drug-likeness (QED) is 0.513. The van der Waals surface area contributed by atoms with Crippen molar-refractivity contribution in [2.45, 2.75) is 37.8 Å². The van der Waals surface area contributed by atoms with Crippen molar-refractivity contribution in [2.75, 3.05) is 11.4 Å². The van der Waals surface area contributed by atoms with Gasteiger partial charge in [0.25, 0.3) is 5.60 Å². The van der Waals surface area contributed by atoms with E-state index in [1.54, 1.807) is 6.08 Å². The fourth-order valence-corrected chi connectivity index (χ4v) is 3.53. The van der Waals surface area contributed by atoms with Crippen LogP contribution in [0.5, 0.6) is 0 Å². The van der Waals surface area contributed by atoms with Crippen LogP contribution in [0.3, 0.4) is 0 Å². The SMILES string of the molecule is CC(=O)C=Cc1ccc2c(c1)CCN2Cc1ccc(C(O)(C(F)(F)F)C(F)(F)F)cc1. The molecule has 0 atom stereocenters. The first-order valence-corrected chi connectivity index (χ1v) is 9.34. The maximum atomic E-state index is 13.0. The molecule has 2 aromatic carbocycles. The summed E-state index contributed by atoms with van der Waals surface area (Å²) >= 11 is 0. The van der Waals surface area contributed by atoms with E-state index in [0.717, 1.165) is 35.4 Å². The number of carbonyl (C=O) groups excluding carboxylic acids is 1. The molecule has 0 bridgehead atoms. The number of alkyl halides is 6. The second kappa shape index (κ2) is 8.03. The van der Waals surface area contributed by atoms with Gasteiger partial charge in [0.1, 0.15) is 0 Å². The highest BCUT2D eigenvalue weighted by molar-refractivity contribution is 5.91. The van der Waals surface area contributed by atoms with Crippen LogP contribution < -0.4 is 4.90 Å². The number of carbonyl (C=O) groups is 1. The largest absolute Gasteiger partial charge is 0.430 e. The Morgan fingerprint density at radius 2 is 1.65 bits per heavy atom. The Kier molecular flexibility index (Phi) is 5.92. The molecule has 9 heteroatoms. The van der Waals surface area contributed by atoms with Crippen molar-refractivity contribution in [3.05, 3.63) is 70.8 Å². The Balaban J connectivity index is 1.80. The summed E-state index contributed by atoms with van der Waals surface area (Å²) in [5.41, 5.74) is -2.90. The molecule has 1 aliphatic heterocycles. The molecule has 2 aromatic rings. The molecule has 0 amide bonds. The number of ketones is 1. The Labute approximate surface area is 174 Å². The molecule has 0 spiro atoms. The van der Waals surface area contributed by atoms with Crippen molar-refractivity contribution in [1.29, 1.82) is 0 Å². The predicted octanol–water partition coefficient (Wildman–Crippen LogP) is 5.16. The summed E-state index contributed by atoms with van der Waals surface area (Å²) in [6.45, 7) is 2.36. The third kappa shape index (κ3) is 4.46. The van der Waals surface area contributed by atoms with Crippen molar-refractivity contribution in [2.24, 2.45) is 0 Å². The molecule has 1 aliphatic rings. The van der Waals surface area contributed by atoms with Gasteiger partial charge in [0.05, 0.1) is 0 Å². The van der Waals surface area contributed by atoms with Crippen LogP contribution in [0.15, 0.2) is 48.5 Å². The molecule has 1 heterocycles. The standard InChI is InChI=1S/C22H19F6NO2/c1-14(30)2-3-15-6-9-19-17(12-15)10-11-29(19)13-16-4-7-18(8-5-16)20(31,21(23,24)25)22(26,27)28/h2-9,12,31H,10-11,13H2,1H3.